The number of carbonyl (C=O) groups is 1. The summed E-state index contributed by atoms with van der Waals surface area (Å²) < 4.78 is 0. The molecular formula is C13H25N3O. The largest absolute Gasteiger partial charge is 0.368 e. The number of hydrogen-bond donors (Lipinski definition) is 2. The second-order valence-electron chi connectivity index (χ2n) is 6.62. The molecular weight excluding hydrogens is 214 g/mol. The summed E-state index contributed by atoms with van der Waals surface area (Å²) in [5, 5.41) is 0. The third-order valence-corrected chi connectivity index (χ3v) is 4.46. The topological polar surface area (TPSA) is 72.3 Å². The fraction of sp³-hybridized carbons (Fsp3) is 0.923. The molecule has 0 bridgehead atoms. The summed E-state index contributed by atoms with van der Waals surface area (Å²) in [6.07, 6.45) is 4.45. The first kappa shape index (κ1) is 12.8. The van der Waals surface area contributed by atoms with Crippen molar-refractivity contribution in [1.82, 2.24) is 4.90 Å². The Kier molecular flexibility index (Phi) is 3.21. The number of primary amides is 1. The van der Waals surface area contributed by atoms with Gasteiger partial charge in [-0.2, -0.15) is 0 Å². The van der Waals surface area contributed by atoms with Gasteiger partial charge < -0.3 is 16.4 Å². The van der Waals surface area contributed by atoms with E-state index in [1.54, 1.807) is 0 Å². The summed E-state index contributed by atoms with van der Waals surface area (Å²) in [7, 11) is 0. The van der Waals surface area contributed by atoms with Crippen LogP contribution in [0.25, 0.3) is 0 Å². The van der Waals surface area contributed by atoms with Gasteiger partial charge in [0.25, 0.3) is 0 Å². The van der Waals surface area contributed by atoms with Crippen LogP contribution in [0.4, 0.5) is 0 Å². The van der Waals surface area contributed by atoms with E-state index in [-0.39, 0.29) is 5.91 Å². The summed E-state index contributed by atoms with van der Waals surface area (Å²) in [4.78, 5) is 13.9. The second kappa shape index (κ2) is 4.25. The van der Waals surface area contributed by atoms with Crippen molar-refractivity contribution in [2.75, 3.05) is 19.6 Å². The summed E-state index contributed by atoms with van der Waals surface area (Å²) in [5.41, 5.74) is 11.4. The SMILES string of the molecule is CC1(C)CCN(CC(N)(C(N)=O)C2CC2)CC1. The van der Waals surface area contributed by atoms with Gasteiger partial charge in [0.15, 0.2) is 0 Å². The normalized spacial score (nSPS) is 28.6. The molecule has 1 aliphatic carbocycles. The van der Waals surface area contributed by atoms with E-state index in [1.165, 1.54) is 12.8 Å². The van der Waals surface area contributed by atoms with Gasteiger partial charge in [-0.1, -0.05) is 13.8 Å². The molecule has 1 saturated carbocycles. The van der Waals surface area contributed by atoms with Gasteiger partial charge in [-0.15, -0.1) is 0 Å². The molecule has 1 heterocycles. The predicted octanol–water partition coefficient (Wildman–Crippen LogP) is 0.701. The van der Waals surface area contributed by atoms with Crippen molar-refractivity contribution in [3.63, 3.8) is 0 Å². The van der Waals surface area contributed by atoms with Crippen LogP contribution < -0.4 is 11.5 Å². The summed E-state index contributed by atoms with van der Waals surface area (Å²) in [6, 6.07) is 0. The fourth-order valence-electron chi connectivity index (χ4n) is 2.69. The third-order valence-electron chi connectivity index (χ3n) is 4.46. The van der Waals surface area contributed by atoms with Gasteiger partial charge in [-0.25, -0.2) is 0 Å². The van der Waals surface area contributed by atoms with Crippen molar-refractivity contribution < 1.29 is 4.79 Å². The van der Waals surface area contributed by atoms with Crippen molar-refractivity contribution >= 4 is 5.91 Å². The highest BCUT2D eigenvalue weighted by Crippen LogP contribution is 2.39. The molecule has 0 spiro atoms. The minimum absolute atomic E-state index is 0.315. The standard InChI is InChI=1S/C13H25N3O/c1-12(2)5-7-16(8-6-12)9-13(15,11(14)17)10-3-4-10/h10H,3-9,15H2,1-2H3,(H2,14,17). The van der Waals surface area contributed by atoms with Gasteiger partial charge in [0.05, 0.1) is 0 Å². The molecule has 0 aromatic heterocycles. The molecule has 2 aliphatic rings. The Bertz CT molecular complexity index is 302. The van der Waals surface area contributed by atoms with E-state index in [0.717, 1.165) is 25.9 Å². The van der Waals surface area contributed by atoms with E-state index >= 15 is 0 Å². The van der Waals surface area contributed by atoms with E-state index in [2.05, 4.69) is 18.7 Å². The van der Waals surface area contributed by atoms with E-state index in [4.69, 9.17) is 11.5 Å². The molecule has 1 atom stereocenters. The zero-order chi connectivity index (χ0) is 12.7. The molecule has 1 amide bonds. The average Bonchev–Trinajstić information content (AvgIpc) is 3.04. The minimum Gasteiger partial charge on any atom is -0.368 e. The zero-order valence-electron chi connectivity index (χ0n) is 11.0. The van der Waals surface area contributed by atoms with Crippen molar-refractivity contribution in [3.05, 3.63) is 0 Å². The molecule has 4 heteroatoms. The van der Waals surface area contributed by atoms with E-state index in [0.29, 0.717) is 17.9 Å². The van der Waals surface area contributed by atoms with Crippen molar-refractivity contribution in [1.29, 1.82) is 0 Å². The number of amides is 1. The Labute approximate surface area is 104 Å². The van der Waals surface area contributed by atoms with E-state index in [9.17, 15) is 4.79 Å². The molecule has 0 radical (unpaired) electrons. The Hall–Kier alpha value is -0.610. The summed E-state index contributed by atoms with van der Waals surface area (Å²) >= 11 is 0. The lowest BCUT2D eigenvalue weighted by molar-refractivity contribution is -0.124. The van der Waals surface area contributed by atoms with Gasteiger partial charge in [-0.05, 0) is 50.1 Å². The minimum atomic E-state index is -0.790. The maximum absolute atomic E-state index is 11.6. The van der Waals surface area contributed by atoms with Crippen LogP contribution in [0.5, 0.6) is 0 Å². The molecule has 0 aromatic carbocycles. The fourth-order valence-corrected chi connectivity index (χ4v) is 2.69. The van der Waals surface area contributed by atoms with Crippen molar-refractivity contribution in [2.45, 2.75) is 45.1 Å². The maximum atomic E-state index is 11.6. The molecule has 98 valence electrons. The van der Waals surface area contributed by atoms with E-state index in [1.807, 2.05) is 0 Å². The first-order chi connectivity index (χ1) is 7.83. The maximum Gasteiger partial charge on any atom is 0.239 e. The smallest absolute Gasteiger partial charge is 0.239 e. The molecule has 1 aliphatic heterocycles. The molecule has 4 N–H and O–H groups in total. The molecule has 2 fully saturated rings. The number of rotatable bonds is 4. The average molecular weight is 239 g/mol. The lowest BCUT2D eigenvalue weighted by Gasteiger charge is -2.40. The lowest BCUT2D eigenvalue weighted by Crippen LogP contribution is -2.61. The zero-order valence-corrected chi connectivity index (χ0v) is 11.0. The number of likely N-dealkylation sites (tertiary alicyclic amines) is 1. The van der Waals surface area contributed by atoms with Crippen LogP contribution in [0.15, 0.2) is 0 Å². The quantitative estimate of drug-likeness (QED) is 0.758. The number of nitrogens with zero attached hydrogens (tertiary/aromatic N) is 1. The van der Waals surface area contributed by atoms with Crippen LogP contribution in [0.1, 0.15) is 39.5 Å². The first-order valence-corrected chi connectivity index (χ1v) is 6.65. The molecule has 2 rings (SSSR count). The number of hydrogen-bond acceptors (Lipinski definition) is 3. The monoisotopic (exact) mass is 239 g/mol. The van der Waals surface area contributed by atoms with Gasteiger partial charge >= 0.3 is 0 Å². The Balaban J connectivity index is 1.94. The molecule has 1 unspecified atom stereocenters. The van der Waals surface area contributed by atoms with Crippen LogP contribution in [0.3, 0.4) is 0 Å². The van der Waals surface area contributed by atoms with Gasteiger partial charge in [0.1, 0.15) is 5.54 Å². The molecule has 17 heavy (non-hydrogen) atoms. The Morgan fingerprint density at radius 3 is 2.29 bits per heavy atom. The van der Waals surface area contributed by atoms with Crippen LogP contribution in [-0.4, -0.2) is 36.0 Å². The predicted molar refractivity (Wildman–Crippen MR) is 68.3 cm³/mol. The van der Waals surface area contributed by atoms with Crippen molar-refractivity contribution in [2.24, 2.45) is 22.8 Å². The number of piperidine rings is 1. The summed E-state index contributed by atoms with van der Waals surface area (Å²) in [6.45, 7) is 7.31. The Morgan fingerprint density at radius 1 is 1.35 bits per heavy atom. The second-order valence-corrected chi connectivity index (χ2v) is 6.62. The first-order valence-electron chi connectivity index (χ1n) is 6.65. The van der Waals surface area contributed by atoms with Gasteiger partial charge in [0.2, 0.25) is 5.91 Å². The summed E-state index contributed by atoms with van der Waals surface area (Å²) in [5.74, 6) is -0.0141. The van der Waals surface area contributed by atoms with E-state index < -0.39 is 5.54 Å². The highest BCUT2D eigenvalue weighted by molar-refractivity contribution is 5.85. The lowest BCUT2D eigenvalue weighted by atomic mass is 9.82. The number of nitrogens with two attached hydrogens (primary N) is 2. The van der Waals surface area contributed by atoms with Crippen LogP contribution in [-0.2, 0) is 4.79 Å². The van der Waals surface area contributed by atoms with Crippen molar-refractivity contribution in [3.8, 4) is 0 Å². The van der Waals surface area contributed by atoms with Crippen LogP contribution in [0.2, 0.25) is 0 Å². The molecule has 1 saturated heterocycles. The molecule has 4 nitrogen and oxygen atoms in total. The highest BCUT2D eigenvalue weighted by atomic mass is 16.1. The van der Waals surface area contributed by atoms with Crippen LogP contribution in [0, 0.1) is 11.3 Å². The van der Waals surface area contributed by atoms with Gasteiger partial charge in [0, 0.05) is 6.54 Å². The number of carbonyl (C=O) groups excluding carboxylic acids is 1. The Morgan fingerprint density at radius 2 is 1.88 bits per heavy atom. The third kappa shape index (κ3) is 2.80. The highest BCUT2D eigenvalue weighted by Gasteiger charge is 2.48. The van der Waals surface area contributed by atoms with Gasteiger partial charge in [-0.3, -0.25) is 4.79 Å². The van der Waals surface area contributed by atoms with Crippen LogP contribution >= 0.6 is 0 Å². The molecule has 0 aromatic rings.